The van der Waals surface area contributed by atoms with Crippen molar-refractivity contribution in [2.24, 2.45) is 5.41 Å². The van der Waals surface area contributed by atoms with Gasteiger partial charge in [-0.25, -0.2) is 9.67 Å². The van der Waals surface area contributed by atoms with E-state index >= 15 is 0 Å². The van der Waals surface area contributed by atoms with Crippen molar-refractivity contribution in [1.82, 2.24) is 20.1 Å². The molecule has 1 aliphatic carbocycles. The van der Waals surface area contributed by atoms with Gasteiger partial charge in [0.15, 0.2) is 0 Å². The third-order valence-electron chi connectivity index (χ3n) is 3.92. The minimum Gasteiger partial charge on any atom is -0.481 e. The number of aromatic nitrogens is 3. The van der Waals surface area contributed by atoms with Crippen LogP contribution in [0.3, 0.4) is 0 Å². The van der Waals surface area contributed by atoms with Gasteiger partial charge in [0.25, 0.3) is 5.91 Å². The molecule has 1 heterocycles. The van der Waals surface area contributed by atoms with Crippen molar-refractivity contribution >= 4 is 11.9 Å². The molecule has 7 heteroatoms. The van der Waals surface area contributed by atoms with E-state index in [2.05, 4.69) is 15.4 Å². The molecule has 1 fully saturated rings. The van der Waals surface area contributed by atoms with Crippen LogP contribution in [0.5, 0.6) is 0 Å². The summed E-state index contributed by atoms with van der Waals surface area (Å²) in [5.41, 5.74) is 0.776. The van der Waals surface area contributed by atoms with Gasteiger partial charge in [-0.3, -0.25) is 9.59 Å². The monoisotopic (exact) mass is 300 g/mol. The van der Waals surface area contributed by atoms with Gasteiger partial charge in [-0.05, 0) is 30.5 Å². The highest BCUT2D eigenvalue weighted by molar-refractivity contribution is 5.94. The second-order valence-electron chi connectivity index (χ2n) is 5.56. The van der Waals surface area contributed by atoms with Crippen LogP contribution in [0.2, 0.25) is 0 Å². The molecule has 114 valence electrons. The van der Waals surface area contributed by atoms with Crippen LogP contribution in [0, 0.1) is 5.41 Å². The SMILES string of the molecule is O=C(NCC1(C(=O)O)CC1)c1ccc(Cn2cncn2)cc1. The number of carboxylic acid groups (broad SMARTS) is 1. The fourth-order valence-corrected chi connectivity index (χ4v) is 2.23. The Morgan fingerprint density at radius 2 is 2.00 bits per heavy atom. The zero-order valence-electron chi connectivity index (χ0n) is 11.9. The van der Waals surface area contributed by atoms with Gasteiger partial charge in [-0.2, -0.15) is 5.10 Å². The minimum atomic E-state index is -0.837. The highest BCUT2D eigenvalue weighted by atomic mass is 16.4. The number of benzene rings is 1. The molecule has 1 amide bonds. The zero-order chi connectivity index (χ0) is 15.6. The summed E-state index contributed by atoms with van der Waals surface area (Å²) in [5.74, 6) is -1.09. The van der Waals surface area contributed by atoms with E-state index in [1.165, 1.54) is 6.33 Å². The van der Waals surface area contributed by atoms with Crippen LogP contribution in [0.4, 0.5) is 0 Å². The number of rotatable bonds is 6. The Kier molecular flexibility index (Phi) is 3.62. The maximum atomic E-state index is 12.0. The van der Waals surface area contributed by atoms with Crippen molar-refractivity contribution in [2.45, 2.75) is 19.4 Å². The molecule has 0 bridgehead atoms. The largest absolute Gasteiger partial charge is 0.481 e. The summed E-state index contributed by atoms with van der Waals surface area (Å²) in [6.45, 7) is 0.770. The predicted octanol–water partition coefficient (Wildman–Crippen LogP) is 0.921. The summed E-state index contributed by atoms with van der Waals surface area (Å²) in [6.07, 6.45) is 4.35. The van der Waals surface area contributed by atoms with E-state index in [9.17, 15) is 9.59 Å². The fourth-order valence-electron chi connectivity index (χ4n) is 2.23. The van der Waals surface area contributed by atoms with Crippen LogP contribution in [0.25, 0.3) is 0 Å². The average Bonchev–Trinajstić information content (AvgIpc) is 3.16. The molecule has 2 aromatic rings. The number of nitrogens with zero attached hydrogens (tertiary/aromatic N) is 3. The van der Waals surface area contributed by atoms with E-state index in [4.69, 9.17) is 5.11 Å². The number of nitrogens with one attached hydrogen (secondary N) is 1. The van der Waals surface area contributed by atoms with Crippen LogP contribution in [0.1, 0.15) is 28.8 Å². The van der Waals surface area contributed by atoms with Crippen molar-refractivity contribution < 1.29 is 14.7 Å². The lowest BCUT2D eigenvalue weighted by atomic mass is 10.1. The summed E-state index contributed by atoms with van der Waals surface area (Å²) in [7, 11) is 0. The Labute approximate surface area is 127 Å². The Morgan fingerprint density at radius 1 is 1.27 bits per heavy atom. The average molecular weight is 300 g/mol. The summed E-state index contributed by atoms with van der Waals surface area (Å²) < 4.78 is 1.69. The normalized spacial score (nSPS) is 15.3. The quantitative estimate of drug-likeness (QED) is 0.827. The molecule has 0 aliphatic heterocycles. The molecule has 1 aromatic carbocycles. The number of carbonyl (C=O) groups excluding carboxylic acids is 1. The Morgan fingerprint density at radius 3 is 2.55 bits per heavy atom. The van der Waals surface area contributed by atoms with Crippen molar-refractivity contribution in [3.8, 4) is 0 Å². The first-order valence-electron chi connectivity index (χ1n) is 7.02. The highest BCUT2D eigenvalue weighted by Gasteiger charge is 2.50. The number of hydrogen-bond donors (Lipinski definition) is 2. The van der Waals surface area contributed by atoms with Crippen molar-refractivity contribution in [3.63, 3.8) is 0 Å². The maximum absolute atomic E-state index is 12.0. The first kappa shape index (κ1) is 14.2. The van der Waals surface area contributed by atoms with Crippen molar-refractivity contribution in [1.29, 1.82) is 0 Å². The second kappa shape index (κ2) is 5.59. The molecule has 1 aromatic heterocycles. The van der Waals surface area contributed by atoms with E-state index in [-0.39, 0.29) is 12.5 Å². The van der Waals surface area contributed by atoms with Gasteiger partial charge >= 0.3 is 5.97 Å². The Bertz CT molecular complexity index is 675. The molecule has 7 nitrogen and oxygen atoms in total. The van der Waals surface area contributed by atoms with Crippen molar-refractivity contribution in [3.05, 3.63) is 48.0 Å². The van der Waals surface area contributed by atoms with Gasteiger partial charge in [0.05, 0.1) is 12.0 Å². The van der Waals surface area contributed by atoms with E-state index in [1.807, 2.05) is 12.1 Å². The van der Waals surface area contributed by atoms with Crippen molar-refractivity contribution in [2.75, 3.05) is 6.54 Å². The molecule has 0 unspecified atom stereocenters. The first-order chi connectivity index (χ1) is 10.6. The van der Waals surface area contributed by atoms with Crippen LogP contribution in [-0.4, -0.2) is 38.3 Å². The standard InChI is InChI=1S/C15H16N4O3/c20-13(17-8-15(5-6-15)14(21)22)12-3-1-11(2-4-12)7-19-10-16-9-18-19/h1-4,9-10H,5-8H2,(H,17,20)(H,21,22). The number of carbonyl (C=O) groups is 2. The number of amides is 1. The number of carboxylic acids is 1. The van der Waals surface area contributed by atoms with Crippen LogP contribution < -0.4 is 5.32 Å². The van der Waals surface area contributed by atoms with Crippen LogP contribution >= 0.6 is 0 Å². The third-order valence-corrected chi connectivity index (χ3v) is 3.92. The molecule has 1 saturated carbocycles. The molecule has 3 rings (SSSR count). The molecule has 0 radical (unpaired) electrons. The van der Waals surface area contributed by atoms with E-state index in [0.717, 1.165) is 5.56 Å². The second-order valence-corrected chi connectivity index (χ2v) is 5.56. The molecule has 1 aliphatic rings. The zero-order valence-corrected chi connectivity index (χ0v) is 11.9. The van der Waals surface area contributed by atoms with Gasteiger partial charge in [0.2, 0.25) is 0 Å². The molecule has 2 N–H and O–H groups in total. The van der Waals surface area contributed by atoms with Crippen LogP contribution in [0.15, 0.2) is 36.9 Å². The number of hydrogen-bond acceptors (Lipinski definition) is 4. The van der Waals surface area contributed by atoms with Crippen LogP contribution in [-0.2, 0) is 11.3 Å². The van der Waals surface area contributed by atoms with E-state index in [0.29, 0.717) is 24.9 Å². The molecule has 0 atom stereocenters. The number of aliphatic carboxylic acids is 1. The van der Waals surface area contributed by atoms with Gasteiger partial charge in [-0.15, -0.1) is 0 Å². The topological polar surface area (TPSA) is 97.1 Å². The molecular weight excluding hydrogens is 284 g/mol. The Balaban J connectivity index is 1.58. The molecule has 22 heavy (non-hydrogen) atoms. The lowest BCUT2D eigenvalue weighted by Crippen LogP contribution is -2.34. The van der Waals surface area contributed by atoms with Gasteiger partial charge in [0, 0.05) is 12.1 Å². The molecule has 0 spiro atoms. The lowest BCUT2D eigenvalue weighted by Gasteiger charge is -2.11. The third kappa shape index (κ3) is 2.98. The maximum Gasteiger partial charge on any atom is 0.311 e. The highest BCUT2D eigenvalue weighted by Crippen LogP contribution is 2.45. The summed E-state index contributed by atoms with van der Waals surface area (Å²) in [4.78, 5) is 27.0. The predicted molar refractivity (Wildman–Crippen MR) is 77.2 cm³/mol. The smallest absolute Gasteiger partial charge is 0.311 e. The summed E-state index contributed by atoms with van der Waals surface area (Å²) >= 11 is 0. The first-order valence-corrected chi connectivity index (χ1v) is 7.02. The van der Waals surface area contributed by atoms with E-state index < -0.39 is 11.4 Å². The van der Waals surface area contributed by atoms with Gasteiger partial charge < -0.3 is 10.4 Å². The van der Waals surface area contributed by atoms with E-state index in [1.54, 1.807) is 23.1 Å². The Hall–Kier alpha value is -2.70. The summed E-state index contributed by atoms with van der Waals surface area (Å²) in [5, 5.41) is 15.8. The molecular formula is C15H16N4O3. The minimum absolute atomic E-state index is 0.182. The van der Waals surface area contributed by atoms with Gasteiger partial charge in [0.1, 0.15) is 12.7 Å². The fraction of sp³-hybridized carbons (Fsp3) is 0.333. The molecule has 0 saturated heterocycles. The lowest BCUT2D eigenvalue weighted by molar-refractivity contribution is -0.143. The van der Waals surface area contributed by atoms with Gasteiger partial charge in [-0.1, -0.05) is 12.1 Å². The summed E-state index contributed by atoms with van der Waals surface area (Å²) in [6, 6.07) is 7.14.